The van der Waals surface area contributed by atoms with E-state index >= 15 is 0 Å². The van der Waals surface area contributed by atoms with Gasteiger partial charge in [-0.05, 0) is 49.8 Å². The molecule has 2 atom stereocenters. The first-order chi connectivity index (χ1) is 10.00. The second kappa shape index (κ2) is 5.59. The van der Waals surface area contributed by atoms with E-state index in [2.05, 4.69) is 5.32 Å². The molecule has 0 aromatic heterocycles. The molecule has 1 aromatic rings. The van der Waals surface area contributed by atoms with Crippen molar-refractivity contribution in [1.29, 1.82) is 0 Å². The zero-order valence-corrected chi connectivity index (χ0v) is 13.1. The first-order valence-corrected chi connectivity index (χ1v) is 8.98. The molecule has 2 unspecified atom stereocenters. The van der Waals surface area contributed by atoms with Crippen LogP contribution in [0.5, 0.6) is 0 Å². The molecule has 0 aliphatic carbocycles. The molecule has 2 aliphatic rings. The molecule has 1 aromatic carbocycles. The zero-order chi connectivity index (χ0) is 15.0. The third-order valence-corrected chi connectivity index (χ3v) is 6.49. The van der Waals surface area contributed by atoms with Crippen molar-refractivity contribution in [2.45, 2.75) is 37.2 Å². The van der Waals surface area contributed by atoms with Gasteiger partial charge in [-0.1, -0.05) is 6.07 Å². The maximum Gasteiger partial charge on any atom is 0.243 e. The molecule has 2 heterocycles. The zero-order valence-electron chi connectivity index (χ0n) is 12.2. The van der Waals surface area contributed by atoms with Gasteiger partial charge >= 0.3 is 0 Å². The fraction of sp³-hybridized carbons (Fsp3) is 0.600. The van der Waals surface area contributed by atoms with E-state index in [1.807, 2.05) is 6.07 Å². The summed E-state index contributed by atoms with van der Waals surface area (Å²) in [5, 5.41) is 12.9. The minimum atomic E-state index is -3.46. The molecule has 2 aliphatic heterocycles. The molecule has 1 fully saturated rings. The molecule has 1 saturated heterocycles. The molecule has 0 saturated carbocycles. The SMILES string of the molecule is CC(O)C1CCN(S(=O)(=O)c2cccc3c2CCCN3)C1. The van der Waals surface area contributed by atoms with Gasteiger partial charge in [-0.15, -0.1) is 0 Å². The van der Waals surface area contributed by atoms with Crippen LogP contribution in [0.1, 0.15) is 25.3 Å². The van der Waals surface area contributed by atoms with E-state index in [0.29, 0.717) is 18.0 Å². The van der Waals surface area contributed by atoms with Crippen LogP contribution < -0.4 is 5.32 Å². The lowest BCUT2D eigenvalue weighted by Gasteiger charge is -2.24. The first kappa shape index (κ1) is 14.8. The molecule has 5 nitrogen and oxygen atoms in total. The van der Waals surface area contributed by atoms with Gasteiger partial charge in [-0.25, -0.2) is 8.42 Å². The van der Waals surface area contributed by atoms with Gasteiger partial charge in [0.05, 0.1) is 11.0 Å². The summed E-state index contributed by atoms with van der Waals surface area (Å²) in [4.78, 5) is 0.429. The van der Waals surface area contributed by atoms with Crippen molar-refractivity contribution in [2.75, 3.05) is 25.0 Å². The number of rotatable bonds is 3. The Bertz CT molecular complexity index is 628. The van der Waals surface area contributed by atoms with E-state index in [1.165, 1.54) is 4.31 Å². The van der Waals surface area contributed by atoms with Gasteiger partial charge < -0.3 is 10.4 Å². The van der Waals surface area contributed by atoms with Gasteiger partial charge in [-0.3, -0.25) is 0 Å². The van der Waals surface area contributed by atoms with Crippen molar-refractivity contribution >= 4 is 15.7 Å². The predicted molar refractivity (Wildman–Crippen MR) is 81.8 cm³/mol. The van der Waals surface area contributed by atoms with Crippen LogP contribution in [0.15, 0.2) is 23.1 Å². The fourth-order valence-electron chi connectivity index (χ4n) is 3.22. The van der Waals surface area contributed by atoms with Gasteiger partial charge in [0.1, 0.15) is 0 Å². The van der Waals surface area contributed by atoms with Crippen molar-refractivity contribution in [3.8, 4) is 0 Å². The second-order valence-electron chi connectivity index (χ2n) is 5.97. The van der Waals surface area contributed by atoms with Crippen LogP contribution in [0.3, 0.4) is 0 Å². The Labute approximate surface area is 126 Å². The number of sulfonamides is 1. The van der Waals surface area contributed by atoms with Crippen molar-refractivity contribution in [2.24, 2.45) is 5.92 Å². The van der Waals surface area contributed by atoms with Crippen LogP contribution >= 0.6 is 0 Å². The Morgan fingerprint density at radius 2 is 2.24 bits per heavy atom. The number of anilines is 1. The summed E-state index contributed by atoms with van der Waals surface area (Å²) in [6.07, 6.45) is 2.02. The lowest BCUT2D eigenvalue weighted by molar-refractivity contribution is 0.133. The number of nitrogens with zero attached hydrogens (tertiary/aromatic N) is 1. The number of fused-ring (bicyclic) bond motifs is 1. The second-order valence-corrected chi connectivity index (χ2v) is 7.87. The van der Waals surface area contributed by atoms with Crippen molar-refractivity contribution in [3.05, 3.63) is 23.8 Å². The van der Waals surface area contributed by atoms with Gasteiger partial charge in [0, 0.05) is 25.3 Å². The number of nitrogens with one attached hydrogen (secondary N) is 1. The van der Waals surface area contributed by atoms with Crippen LogP contribution in [0.4, 0.5) is 5.69 Å². The van der Waals surface area contributed by atoms with Crippen molar-refractivity contribution < 1.29 is 13.5 Å². The third-order valence-electron chi connectivity index (χ3n) is 4.54. The number of aliphatic hydroxyl groups excluding tert-OH is 1. The highest BCUT2D eigenvalue weighted by atomic mass is 32.2. The van der Waals surface area contributed by atoms with Crippen LogP contribution in [-0.2, 0) is 16.4 Å². The number of aliphatic hydroxyl groups is 1. The Morgan fingerprint density at radius 3 is 2.95 bits per heavy atom. The van der Waals surface area contributed by atoms with Gasteiger partial charge in [-0.2, -0.15) is 4.31 Å². The molecule has 0 spiro atoms. The van der Waals surface area contributed by atoms with E-state index in [1.54, 1.807) is 19.1 Å². The number of hydrogen-bond donors (Lipinski definition) is 2. The quantitative estimate of drug-likeness (QED) is 0.886. The van der Waals surface area contributed by atoms with E-state index in [4.69, 9.17) is 0 Å². The summed E-state index contributed by atoms with van der Waals surface area (Å²) in [7, 11) is -3.46. The van der Waals surface area contributed by atoms with E-state index in [-0.39, 0.29) is 5.92 Å². The Balaban J connectivity index is 1.93. The third kappa shape index (κ3) is 2.67. The maximum absolute atomic E-state index is 12.9. The maximum atomic E-state index is 12.9. The lowest BCUT2D eigenvalue weighted by Crippen LogP contribution is -2.31. The topological polar surface area (TPSA) is 69.6 Å². The summed E-state index contributed by atoms with van der Waals surface area (Å²) in [6.45, 7) is 3.53. The lowest BCUT2D eigenvalue weighted by atomic mass is 10.0. The van der Waals surface area contributed by atoms with E-state index in [9.17, 15) is 13.5 Å². The van der Waals surface area contributed by atoms with E-state index < -0.39 is 16.1 Å². The van der Waals surface area contributed by atoms with E-state index in [0.717, 1.165) is 37.1 Å². The summed E-state index contributed by atoms with van der Waals surface area (Å²) in [5.74, 6) is 0.0393. The highest BCUT2D eigenvalue weighted by Crippen LogP contribution is 2.32. The fourth-order valence-corrected chi connectivity index (χ4v) is 5.01. The van der Waals surface area contributed by atoms with Gasteiger partial charge in [0.25, 0.3) is 0 Å². The molecular formula is C15H22N2O3S. The molecule has 2 N–H and O–H groups in total. The van der Waals surface area contributed by atoms with Crippen LogP contribution in [0.25, 0.3) is 0 Å². The molecule has 0 bridgehead atoms. The Kier molecular flexibility index (Phi) is 3.94. The molecule has 0 radical (unpaired) electrons. The molecular weight excluding hydrogens is 288 g/mol. The highest BCUT2D eigenvalue weighted by molar-refractivity contribution is 7.89. The summed E-state index contributed by atoms with van der Waals surface area (Å²) in [6, 6.07) is 5.44. The molecule has 0 amide bonds. The minimum Gasteiger partial charge on any atom is -0.393 e. The normalized spacial score (nSPS) is 24.4. The minimum absolute atomic E-state index is 0.0393. The monoisotopic (exact) mass is 310 g/mol. The molecule has 3 rings (SSSR count). The highest BCUT2D eigenvalue weighted by Gasteiger charge is 2.36. The first-order valence-electron chi connectivity index (χ1n) is 7.54. The number of hydrogen-bond acceptors (Lipinski definition) is 4. The summed E-state index contributed by atoms with van der Waals surface area (Å²) in [5.41, 5.74) is 1.85. The van der Waals surface area contributed by atoms with Crippen LogP contribution in [-0.4, -0.2) is 43.6 Å². The average molecular weight is 310 g/mol. The largest absolute Gasteiger partial charge is 0.393 e. The smallest absolute Gasteiger partial charge is 0.243 e. The van der Waals surface area contributed by atoms with Gasteiger partial charge in [0.2, 0.25) is 10.0 Å². The summed E-state index contributed by atoms with van der Waals surface area (Å²) >= 11 is 0. The van der Waals surface area contributed by atoms with Crippen molar-refractivity contribution in [3.63, 3.8) is 0 Å². The van der Waals surface area contributed by atoms with Crippen molar-refractivity contribution in [1.82, 2.24) is 4.31 Å². The molecule has 116 valence electrons. The number of benzene rings is 1. The van der Waals surface area contributed by atoms with Crippen LogP contribution in [0.2, 0.25) is 0 Å². The predicted octanol–water partition coefficient (Wildman–Crippen LogP) is 1.44. The molecule has 21 heavy (non-hydrogen) atoms. The molecule has 6 heteroatoms. The Hall–Kier alpha value is -1.11. The standard InChI is InChI=1S/C15H22N2O3S/c1-11(18)12-7-9-17(10-12)21(19,20)15-6-2-5-14-13(15)4-3-8-16-14/h2,5-6,11-12,16,18H,3-4,7-10H2,1H3. The average Bonchev–Trinajstić information content (AvgIpc) is 2.97. The summed E-state index contributed by atoms with van der Waals surface area (Å²) < 4.78 is 27.3. The van der Waals surface area contributed by atoms with Gasteiger partial charge in [0.15, 0.2) is 0 Å². The Morgan fingerprint density at radius 1 is 1.43 bits per heavy atom. The van der Waals surface area contributed by atoms with Crippen LogP contribution in [0, 0.1) is 5.92 Å².